The van der Waals surface area contributed by atoms with Crippen molar-refractivity contribution < 1.29 is 4.79 Å². The van der Waals surface area contributed by atoms with Crippen LogP contribution in [0.4, 0.5) is 5.69 Å². The van der Waals surface area contributed by atoms with Crippen molar-refractivity contribution >= 4 is 11.6 Å². The van der Waals surface area contributed by atoms with Gasteiger partial charge in [0.2, 0.25) is 5.91 Å². The van der Waals surface area contributed by atoms with E-state index in [0.717, 1.165) is 44.2 Å². The first-order valence-corrected chi connectivity index (χ1v) is 7.81. The minimum absolute atomic E-state index is 0.148. The number of hydrogen-bond donors (Lipinski definition) is 2. The average molecular weight is 283 g/mol. The molecule has 0 bridgehead atoms. The maximum Gasteiger partial charge on any atom is 0.223 e. The molecule has 1 aromatic carbocycles. The lowest BCUT2D eigenvalue weighted by atomic mass is 9.85. The van der Waals surface area contributed by atoms with Crippen molar-refractivity contribution in [3.8, 4) is 6.07 Å². The third-order valence-electron chi connectivity index (χ3n) is 4.35. The van der Waals surface area contributed by atoms with Crippen LogP contribution in [0.15, 0.2) is 24.3 Å². The van der Waals surface area contributed by atoms with E-state index in [9.17, 15) is 4.79 Å². The van der Waals surface area contributed by atoms with Gasteiger partial charge in [0.15, 0.2) is 0 Å². The molecule has 0 aromatic heterocycles. The van der Waals surface area contributed by atoms with Gasteiger partial charge in [-0.15, -0.1) is 0 Å². The molecule has 2 aliphatic rings. The number of amides is 1. The fourth-order valence-corrected chi connectivity index (χ4v) is 2.98. The number of nitrogens with zero attached hydrogens (tertiary/aromatic N) is 1. The first-order chi connectivity index (χ1) is 10.2. The molecule has 1 aromatic rings. The topological polar surface area (TPSA) is 64.9 Å². The second kappa shape index (κ2) is 6.17. The second-order valence-electron chi connectivity index (χ2n) is 6.18. The van der Waals surface area contributed by atoms with Crippen LogP contribution >= 0.6 is 0 Å². The van der Waals surface area contributed by atoms with Crippen LogP contribution in [0.3, 0.4) is 0 Å². The summed E-state index contributed by atoms with van der Waals surface area (Å²) in [5, 5.41) is 15.4. The van der Waals surface area contributed by atoms with Crippen molar-refractivity contribution in [2.75, 3.05) is 5.32 Å². The van der Waals surface area contributed by atoms with Crippen LogP contribution in [-0.2, 0) is 4.79 Å². The monoisotopic (exact) mass is 283 g/mol. The fraction of sp³-hybridized carbons (Fsp3) is 0.529. The third kappa shape index (κ3) is 3.75. The number of carbonyl (C=O) groups excluding carboxylic acids is 1. The van der Waals surface area contributed by atoms with Crippen LogP contribution in [-0.4, -0.2) is 18.0 Å². The van der Waals surface area contributed by atoms with E-state index in [1.54, 1.807) is 0 Å². The minimum Gasteiger partial charge on any atom is -0.382 e. The van der Waals surface area contributed by atoms with Gasteiger partial charge < -0.3 is 10.6 Å². The molecule has 0 aliphatic heterocycles. The summed E-state index contributed by atoms with van der Waals surface area (Å²) in [7, 11) is 0. The second-order valence-corrected chi connectivity index (χ2v) is 6.18. The molecule has 2 saturated carbocycles. The first kappa shape index (κ1) is 13.9. The smallest absolute Gasteiger partial charge is 0.223 e. The summed E-state index contributed by atoms with van der Waals surface area (Å²) in [4.78, 5) is 12.2. The van der Waals surface area contributed by atoms with Crippen molar-refractivity contribution in [3.63, 3.8) is 0 Å². The normalized spacial score (nSPS) is 24.9. The highest BCUT2D eigenvalue weighted by atomic mass is 16.2. The van der Waals surface area contributed by atoms with Crippen molar-refractivity contribution in [3.05, 3.63) is 29.8 Å². The lowest BCUT2D eigenvalue weighted by molar-refractivity contribution is -0.126. The first-order valence-electron chi connectivity index (χ1n) is 7.81. The Morgan fingerprint density at radius 2 is 1.86 bits per heavy atom. The van der Waals surface area contributed by atoms with Crippen molar-refractivity contribution in [2.45, 2.75) is 50.6 Å². The molecule has 2 unspecified atom stereocenters. The molecule has 4 nitrogen and oxygen atoms in total. The zero-order chi connectivity index (χ0) is 14.7. The Hall–Kier alpha value is -2.02. The summed E-state index contributed by atoms with van der Waals surface area (Å²) in [5.41, 5.74) is 1.70. The van der Waals surface area contributed by atoms with Gasteiger partial charge in [0.1, 0.15) is 0 Å². The summed E-state index contributed by atoms with van der Waals surface area (Å²) in [6, 6.07) is 10.4. The minimum atomic E-state index is 0.148. The van der Waals surface area contributed by atoms with Crippen LogP contribution in [0.2, 0.25) is 0 Å². The molecule has 4 heteroatoms. The number of carbonyl (C=O) groups is 1. The molecule has 2 fully saturated rings. The van der Waals surface area contributed by atoms with Gasteiger partial charge in [-0.05, 0) is 56.4 Å². The molecule has 110 valence electrons. The highest BCUT2D eigenvalue weighted by Crippen LogP contribution is 2.28. The largest absolute Gasteiger partial charge is 0.382 e. The lowest BCUT2D eigenvalue weighted by Crippen LogP contribution is -2.38. The molecular formula is C17H21N3O. The molecule has 0 saturated heterocycles. The van der Waals surface area contributed by atoms with E-state index < -0.39 is 0 Å². The average Bonchev–Trinajstić information content (AvgIpc) is 3.32. The van der Waals surface area contributed by atoms with Gasteiger partial charge in [0, 0.05) is 23.7 Å². The lowest BCUT2D eigenvalue weighted by Gasteiger charge is -2.29. The maximum atomic E-state index is 12.2. The van der Waals surface area contributed by atoms with Crippen LogP contribution in [0.1, 0.15) is 44.1 Å². The Labute approximate surface area is 125 Å². The summed E-state index contributed by atoms with van der Waals surface area (Å²) in [6.45, 7) is 0. The highest BCUT2D eigenvalue weighted by molar-refractivity contribution is 5.79. The van der Waals surface area contributed by atoms with Crippen LogP contribution in [0.25, 0.3) is 0 Å². The molecule has 1 amide bonds. The Kier molecular flexibility index (Phi) is 4.10. The molecule has 0 radical (unpaired) electrons. The number of nitrogens with one attached hydrogen (secondary N) is 2. The molecule has 21 heavy (non-hydrogen) atoms. The van der Waals surface area contributed by atoms with Gasteiger partial charge in [-0.1, -0.05) is 6.42 Å². The van der Waals surface area contributed by atoms with E-state index in [-0.39, 0.29) is 11.8 Å². The Bertz CT molecular complexity index is 542. The van der Waals surface area contributed by atoms with Gasteiger partial charge in [0.05, 0.1) is 11.6 Å². The van der Waals surface area contributed by atoms with Crippen LogP contribution in [0, 0.1) is 17.2 Å². The predicted molar refractivity (Wildman–Crippen MR) is 81.7 cm³/mol. The third-order valence-corrected chi connectivity index (χ3v) is 4.35. The Balaban J connectivity index is 1.55. The van der Waals surface area contributed by atoms with E-state index in [0.29, 0.717) is 17.6 Å². The Morgan fingerprint density at radius 1 is 1.10 bits per heavy atom. The molecule has 3 rings (SSSR count). The summed E-state index contributed by atoms with van der Waals surface area (Å²) in [5.74, 6) is 0.388. The predicted octanol–water partition coefficient (Wildman–Crippen LogP) is 2.81. The zero-order valence-electron chi connectivity index (χ0n) is 12.1. The van der Waals surface area contributed by atoms with Gasteiger partial charge >= 0.3 is 0 Å². The van der Waals surface area contributed by atoms with Crippen molar-refractivity contribution in [1.82, 2.24) is 5.32 Å². The van der Waals surface area contributed by atoms with Gasteiger partial charge in [-0.2, -0.15) is 5.26 Å². The number of anilines is 1. The van der Waals surface area contributed by atoms with E-state index >= 15 is 0 Å². The zero-order valence-corrected chi connectivity index (χ0v) is 12.1. The fourth-order valence-electron chi connectivity index (χ4n) is 2.98. The van der Waals surface area contributed by atoms with Gasteiger partial charge in [0.25, 0.3) is 0 Å². The van der Waals surface area contributed by atoms with Gasteiger partial charge in [-0.3, -0.25) is 4.79 Å². The molecule has 0 spiro atoms. The summed E-state index contributed by atoms with van der Waals surface area (Å²) in [6.07, 6.45) is 6.39. The van der Waals surface area contributed by atoms with Crippen LogP contribution < -0.4 is 10.6 Å². The molecule has 2 atom stereocenters. The van der Waals surface area contributed by atoms with Crippen molar-refractivity contribution in [2.24, 2.45) is 5.92 Å². The number of nitriles is 1. The van der Waals surface area contributed by atoms with Gasteiger partial charge in [-0.25, -0.2) is 0 Å². The molecule has 0 heterocycles. The Morgan fingerprint density at radius 3 is 2.52 bits per heavy atom. The molecular weight excluding hydrogens is 262 g/mol. The van der Waals surface area contributed by atoms with E-state index in [1.807, 2.05) is 24.3 Å². The molecule has 2 N–H and O–H groups in total. The SMILES string of the molecule is N#Cc1ccc(NC2CCCC(C(=O)NC3CC3)C2)cc1. The van der Waals surface area contributed by atoms with E-state index in [1.165, 1.54) is 0 Å². The van der Waals surface area contributed by atoms with E-state index in [2.05, 4.69) is 16.7 Å². The van der Waals surface area contributed by atoms with E-state index in [4.69, 9.17) is 5.26 Å². The number of rotatable bonds is 4. The number of hydrogen-bond acceptors (Lipinski definition) is 3. The number of benzene rings is 1. The maximum absolute atomic E-state index is 12.2. The molecule has 2 aliphatic carbocycles. The summed E-state index contributed by atoms with van der Waals surface area (Å²) < 4.78 is 0. The van der Waals surface area contributed by atoms with Crippen LogP contribution in [0.5, 0.6) is 0 Å². The summed E-state index contributed by atoms with van der Waals surface area (Å²) >= 11 is 0. The standard InChI is InChI=1S/C17H21N3O/c18-11-12-4-6-14(7-5-12)19-16-3-1-2-13(10-16)17(21)20-15-8-9-15/h4-7,13,15-16,19H,1-3,8-10H2,(H,20,21). The van der Waals surface area contributed by atoms with Crippen molar-refractivity contribution in [1.29, 1.82) is 5.26 Å². The quantitative estimate of drug-likeness (QED) is 0.893. The highest BCUT2D eigenvalue weighted by Gasteiger charge is 2.31.